The van der Waals surface area contributed by atoms with Gasteiger partial charge >= 0.3 is 6.09 Å². The average Bonchev–Trinajstić information content (AvgIpc) is 3.08. The van der Waals surface area contributed by atoms with Crippen LogP contribution >= 0.6 is 0 Å². The van der Waals surface area contributed by atoms with Crippen LogP contribution in [0.1, 0.15) is 27.2 Å². The van der Waals surface area contributed by atoms with Gasteiger partial charge in [-0.1, -0.05) is 0 Å². The minimum atomic E-state index is -0.726. The van der Waals surface area contributed by atoms with Gasteiger partial charge in [-0.15, -0.1) is 0 Å². The third-order valence-corrected chi connectivity index (χ3v) is 5.53. The lowest BCUT2D eigenvalue weighted by Gasteiger charge is -2.19. The second-order valence-corrected chi connectivity index (χ2v) is 11.1. The molecule has 18 nitrogen and oxygen atoms in total. The van der Waals surface area contributed by atoms with Crippen molar-refractivity contribution in [3.05, 3.63) is 0 Å². The standard InChI is InChI=1S/C32H65N3O15/c1-32(2,3)50-31(37)35-34-30(36)4-6-38-8-10-40-12-14-42-16-18-44-20-22-46-24-26-48-28-29-49-27-25-47-23-21-45-19-17-43-15-13-41-11-9-39-7-5-33/h4-29,33H2,1-3H3,(H,34,36)(H,35,37). The van der Waals surface area contributed by atoms with E-state index in [0.717, 1.165) is 0 Å². The molecule has 0 heterocycles. The van der Waals surface area contributed by atoms with Crippen LogP contribution in [-0.4, -0.2) is 183 Å². The molecule has 0 aliphatic carbocycles. The summed E-state index contributed by atoms with van der Waals surface area (Å²) in [7, 11) is 0. The van der Waals surface area contributed by atoms with Crippen LogP contribution in [0.2, 0.25) is 0 Å². The first-order valence-corrected chi connectivity index (χ1v) is 17.3. The highest BCUT2D eigenvalue weighted by Crippen LogP contribution is 2.05. The van der Waals surface area contributed by atoms with Crippen LogP contribution in [0.5, 0.6) is 0 Å². The molecule has 2 amide bonds. The predicted octanol–water partition coefficient (Wildman–Crippen LogP) is 0.0903. The summed E-state index contributed by atoms with van der Waals surface area (Å²) in [6.07, 6.45) is -0.635. The van der Waals surface area contributed by atoms with Crippen molar-refractivity contribution < 1.29 is 71.2 Å². The lowest BCUT2D eigenvalue weighted by Crippen LogP contribution is -2.44. The summed E-state index contributed by atoms with van der Waals surface area (Å²) in [6.45, 7) is 16.9. The van der Waals surface area contributed by atoms with Crippen molar-refractivity contribution in [2.45, 2.75) is 32.8 Å². The second-order valence-electron chi connectivity index (χ2n) is 11.1. The number of carbonyl (C=O) groups excluding carboxylic acids is 2. The van der Waals surface area contributed by atoms with E-state index in [-0.39, 0.29) is 18.9 Å². The van der Waals surface area contributed by atoms with Gasteiger partial charge in [0.25, 0.3) is 0 Å². The summed E-state index contributed by atoms with van der Waals surface area (Å²) in [5, 5.41) is 0. The number of amides is 2. The SMILES string of the molecule is CC(C)(C)OC(=O)NNC(=O)CCOCCOCCOCCOCCOCCOCCOCCOCCOCCOCCOCCOCCN. The lowest BCUT2D eigenvalue weighted by molar-refractivity contribution is -0.123. The molecule has 0 radical (unpaired) electrons. The number of hydrazine groups is 1. The summed E-state index contributed by atoms with van der Waals surface area (Å²) in [6, 6.07) is 0. The molecule has 0 aromatic carbocycles. The Labute approximate surface area is 297 Å². The van der Waals surface area contributed by atoms with Gasteiger partial charge in [0, 0.05) is 6.54 Å². The van der Waals surface area contributed by atoms with Crippen molar-refractivity contribution in [3.63, 3.8) is 0 Å². The third-order valence-electron chi connectivity index (χ3n) is 5.53. The Morgan fingerprint density at radius 1 is 0.400 bits per heavy atom. The Morgan fingerprint density at radius 2 is 0.640 bits per heavy atom. The van der Waals surface area contributed by atoms with Gasteiger partial charge in [0.15, 0.2) is 0 Å². The van der Waals surface area contributed by atoms with Crippen molar-refractivity contribution in [1.82, 2.24) is 10.9 Å². The predicted molar refractivity (Wildman–Crippen MR) is 181 cm³/mol. The minimum Gasteiger partial charge on any atom is -0.443 e. The molecule has 0 saturated heterocycles. The molecule has 298 valence electrons. The number of nitrogens with one attached hydrogen (secondary N) is 2. The minimum absolute atomic E-state index is 0.0909. The largest absolute Gasteiger partial charge is 0.443 e. The van der Waals surface area contributed by atoms with Crippen LogP contribution in [0.25, 0.3) is 0 Å². The molecule has 0 bridgehead atoms. The first kappa shape index (κ1) is 48.2. The molecular weight excluding hydrogens is 666 g/mol. The maximum absolute atomic E-state index is 11.7. The van der Waals surface area contributed by atoms with Crippen LogP contribution in [0.4, 0.5) is 4.79 Å². The van der Waals surface area contributed by atoms with E-state index < -0.39 is 11.7 Å². The third kappa shape index (κ3) is 42.4. The van der Waals surface area contributed by atoms with E-state index in [4.69, 9.17) is 67.3 Å². The number of carbonyl (C=O) groups is 2. The normalized spacial score (nSPS) is 11.6. The Kier molecular flexibility index (Phi) is 37.1. The van der Waals surface area contributed by atoms with Crippen LogP contribution < -0.4 is 16.6 Å². The summed E-state index contributed by atoms with van der Waals surface area (Å²) < 4.78 is 69.9. The number of ether oxygens (including phenoxy) is 13. The van der Waals surface area contributed by atoms with Gasteiger partial charge in [-0.05, 0) is 20.8 Å². The first-order valence-electron chi connectivity index (χ1n) is 17.3. The fourth-order valence-electron chi connectivity index (χ4n) is 3.26. The molecule has 4 N–H and O–H groups in total. The molecule has 18 heteroatoms. The van der Waals surface area contributed by atoms with E-state index in [1.165, 1.54) is 0 Å². The number of hydrogen-bond acceptors (Lipinski definition) is 16. The topological polar surface area (TPSA) is 204 Å². The average molecular weight is 732 g/mol. The highest BCUT2D eigenvalue weighted by atomic mass is 16.6. The molecule has 0 rings (SSSR count). The molecular formula is C32H65N3O15. The highest BCUT2D eigenvalue weighted by molar-refractivity contribution is 5.79. The monoisotopic (exact) mass is 731 g/mol. The molecule has 0 saturated carbocycles. The molecule has 0 aliphatic heterocycles. The fraction of sp³-hybridized carbons (Fsp3) is 0.938. The summed E-state index contributed by atoms with van der Waals surface area (Å²) >= 11 is 0. The number of nitrogens with two attached hydrogens (primary N) is 1. The Hall–Kier alpha value is -1.78. The maximum atomic E-state index is 11.7. The summed E-state index contributed by atoms with van der Waals surface area (Å²) in [5.74, 6) is -0.387. The van der Waals surface area contributed by atoms with Gasteiger partial charge in [-0.25, -0.2) is 10.2 Å². The van der Waals surface area contributed by atoms with Gasteiger partial charge < -0.3 is 67.3 Å². The van der Waals surface area contributed by atoms with Gasteiger partial charge in [0.2, 0.25) is 5.91 Å². The zero-order valence-electron chi connectivity index (χ0n) is 30.6. The van der Waals surface area contributed by atoms with E-state index in [1.807, 2.05) is 0 Å². The first-order chi connectivity index (χ1) is 24.3. The van der Waals surface area contributed by atoms with Gasteiger partial charge in [-0.2, -0.15) is 0 Å². The molecule has 50 heavy (non-hydrogen) atoms. The molecule has 0 aromatic heterocycles. The van der Waals surface area contributed by atoms with Crippen molar-refractivity contribution in [3.8, 4) is 0 Å². The highest BCUT2D eigenvalue weighted by Gasteiger charge is 2.16. The Balaban J connectivity index is 3.14. The maximum Gasteiger partial charge on any atom is 0.426 e. The Bertz CT molecular complexity index is 735. The van der Waals surface area contributed by atoms with Crippen molar-refractivity contribution in [1.29, 1.82) is 0 Å². The van der Waals surface area contributed by atoms with Crippen molar-refractivity contribution >= 4 is 12.0 Å². The van der Waals surface area contributed by atoms with E-state index in [1.54, 1.807) is 20.8 Å². The number of rotatable bonds is 38. The lowest BCUT2D eigenvalue weighted by atomic mass is 10.2. The zero-order valence-corrected chi connectivity index (χ0v) is 30.6. The molecule has 0 spiro atoms. The summed E-state index contributed by atoms with van der Waals surface area (Å²) in [5.41, 5.74) is 9.12. The van der Waals surface area contributed by atoms with Crippen LogP contribution in [-0.2, 0) is 66.4 Å². The second kappa shape index (κ2) is 38.5. The van der Waals surface area contributed by atoms with E-state index in [2.05, 4.69) is 10.9 Å². The Morgan fingerprint density at radius 3 is 0.880 bits per heavy atom. The van der Waals surface area contributed by atoms with Crippen molar-refractivity contribution in [2.75, 3.05) is 165 Å². The molecule has 0 aromatic rings. The van der Waals surface area contributed by atoms with Gasteiger partial charge in [-0.3, -0.25) is 10.2 Å². The molecule has 0 fully saturated rings. The quantitative estimate of drug-likeness (QED) is 0.0569. The van der Waals surface area contributed by atoms with E-state index in [0.29, 0.717) is 159 Å². The van der Waals surface area contributed by atoms with Crippen LogP contribution in [0, 0.1) is 0 Å². The van der Waals surface area contributed by atoms with Crippen molar-refractivity contribution in [2.24, 2.45) is 5.73 Å². The van der Waals surface area contributed by atoms with E-state index >= 15 is 0 Å². The van der Waals surface area contributed by atoms with Crippen LogP contribution in [0.15, 0.2) is 0 Å². The van der Waals surface area contributed by atoms with Crippen LogP contribution in [0.3, 0.4) is 0 Å². The number of hydrogen-bond donors (Lipinski definition) is 3. The summed E-state index contributed by atoms with van der Waals surface area (Å²) in [4.78, 5) is 23.1. The zero-order chi connectivity index (χ0) is 36.6. The van der Waals surface area contributed by atoms with Gasteiger partial charge in [0.1, 0.15) is 5.60 Å². The smallest absolute Gasteiger partial charge is 0.426 e. The molecule has 0 aliphatic rings. The van der Waals surface area contributed by atoms with Gasteiger partial charge in [0.05, 0.1) is 165 Å². The fourth-order valence-corrected chi connectivity index (χ4v) is 3.26. The molecule has 0 unspecified atom stereocenters. The molecule has 0 atom stereocenters. The van der Waals surface area contributed by atoms with E-state index in [9.17, 15) is 9.59 Å².